The van der Waals surface area contributed by atoms with Gasteiger partial charge in [-0.05, 0) is 62.6 Å². The van der Waals surface area contributed by atoms with Crippen molar-refractivity contribution in [1.82, 2.24) is 15.1 Å². The monoisotopic (exact) mass is 429 g/mol. The minimum absolute atomic E-state index is 0.178. The highest BCUT2D eigenvalue weighted by atomic mass is 16.5. The van der Waals surface area contributed by atoms with E-state index in [1.165, 1.54) is 0 Å². The van der Waals surface area contributed by atoms with Crippen molar-refractivity contribution in [2.24, 2.45) is 5.92 Å². The van der Waals surface area contributed by atoms with Gasteiger partial charge in [-0.15, -0.1) is 0 Å². The lowest BCUT2D eigenvalue weighted by Crippen LogP contribution is -2.50. The number of urea groups is 1. The topological polar surface area (TPSA) is 88.2 Å². The number of rotatable bonds is 5. The lowest BCUT2D eigenvalue weighted by molar-refractivity contribution is -0.140. The van der Waals surface area contributed by atoms with Crippen LogP contribution >= 0.6 is 0 Å². The first-order valence-corrected chi connectivity index (χ1v) is 11.0. The third-order valence-electron chi connectivity index (χ3n) is 7.04. The summed E-state index contributed by atoms with van der Waals surface area (Å²) in [5, 5.41) is 2.89. The van der Waals surface area contributed by atoms with E-state index in [4.69, 9.17) is 9.47 Å². The number of benzene rings is 1. The van der Waals surface area contributed by atoms with Crippen LogP contribution in [0.4, 0.5) is 4.79 Å². The first-order valence-electron chi connectivity index (χ1n) is 11.0. The fraction of sp³-hybridized carbons (Fsp3) is 0.609. The molecule has 1 aromatic carbocycles. The highest BCUT2D eigenvalue weighted by Gasteiger charge is 2.52. The van der Waals surface area contributed by atoms with E-state index in [0.717, 1.165) is 36.1 Å². The Bertz CT molecular complexity index is 878. The molecule has 4 amide bonds. The SMILES string of the molecule is COc1ccc(OC)c(C2CCCN2C(=O)CN2C(=O)NC3(CCC(C)CC3)C2=O)c1. The third-order valence-corrected chi connectivity index (χ3v) is 7.04. The summed E-state index contributed by atoms with van der Waals surface area (Å²) >= 11 is 0. The molecule has 2 heterocycles. The number of hydrogen-bond acceptors (Lipinski definition) is 5. The molecule has 8 nitrogen and oxygen atoms in total. The second-order valence-electron chi connectivity index (χ2n) is 8.94. The van der Waals surface area contributed by atoms with Crippen molar-refractivity contribution in [1.29, 1.82) is 0 Å². The van der Waals surface area contributed by atoms with Crippen molar-refractivity contribution in [3.8, 4) is 11.5 Å². The molecule has 0 aromatic heterocycles. The smallest absolute Gasteiger partial charge is 0.325 e. The molecule has 1 saturated carbocycles. The minimum Gasteiger partial charge on any atom is -0.497 e. The summed E-state index contributed by atoms with van der Waals surface area (Å²) in [6.45, 7) is 2.51. The molecular formula is C23H31N3O5. The minimum atomic E-state index is -0.829. The van der Waals surface area contributed by atoms with E-state index in [0.29, 0.717) is 36.8 Å². The molecule has 31 heavy (non-hydrogen) atoms. The normalized spacial score (nSPS) is 28.2. The molecule has 1 unspecified atom stereocenters. The maximum absolute atomic E-state index is 13.2. The van der Waals surface area contributed by atoms with Crippen LogP contribution < -0.4 is 14.8 Å². The summed E-state index contributed by atoms with van der Waals surface area (Å²) in [4.78, 5) is 41.8. The molecule has 1 N–H and O–H groups in total. The van der Waals surface area contributed by atoms with Gasteiger partial charge >= 0.3 is 6.03 Å². The highest BCUT2D eigenvalue weighted by Crippen LogP contribution is 2.40. The van der Waals surface area contributed by atoms with Gasteiger partial charge in [0, 0.05) is 12.1 Å². The van der Waals surface area contributed by atoms with Crippen LogP contribution in [0.15, 0.2) is 18.2 Å². The Labute approximate surface area is 182 Å². The summed E-state index contributed by atoms with van der Waals surface area (Å²) in [6.07, 6.45) is 4.71. The van der Waals surface area contributed by atoms with Crippen LogP contribution in [0, 0.1) is 5.92 Å². The number of ether oxygens (including phenoxy) is 2. The van der Waals surface area contributed by atoms with E-state index >= 15 is 0 Å². The number of imide groups is 1. The Morgan fingerprint density at radius 2 is 1.90 bits per heavy atom. The molecule has 0 bridgehead atoms. The van der Waals surface area contributed by atoms with E-state index in [-0.39, 0.29) is 24.4 Å². The first kappa shape index (κ1) is 21.5. The van der Waals surface area contributed by atoms with Gasteiger partial charge in [-0.1, -0.05) is 6.92 Å². The van der Waals surface area contributed by atoms with Crippen molar-refractivity contribution in [3.63, 3.8) is 0 Å². The van der Waals surface area contributed by atoms with Gasteiger partial charge in [0.2, 0.25) is 5.91 Å². The van der Waals surface area contributed by atoms with Crippen molar-refractivity contribution < 1.29 is 23.9 Å². The van der Waals surface area contributed by atoms with Crippen LogP contribution in [0.2, 0.25) is 0 Å². The molecule has 8 heteroatoms. The molecule has 1 atom stereocenters. The van der Waals surface area contributed by atoms with Gasteiger partial charge < -0.3 is 19.7 Å². The van der Waals surface area contributed by atoms with Crippen LogP contribution in [-0.2, 0) is 9.59 Å². The van der Waals surface area contributed by atoms with Crippen LogP contribution in [0.1, 0.15) is 57.1 Å². The van der Waals surface area contributed by atoms with Crippen molar-refractivity contribution in [2.75, 3.05) is 27.3 Å². The first-order chi connectivity index (χ1) is 14.9. The average Bonchev–Trinajstić information content (AvgIpc) is 3.35. The number of nitrogens with zero attached hydrogens (tertiary/aromatic N) is 2. The maximum Gasteiger partial charge on any atom is 0.325 e. The van der Waals surface area contributed by atoms with Gasteiger partial charge in [-0.3, -0.25) is 14.5 Å². The number of hydrogen-bond donors (Lipinski definition) is 1. The lowest BCUT2D eigenvalue weighted by atomic mass is 9.77. The molecule has 4 rings (SSSR count). The van der Waals surface area contributed by atoms with E-state index in [9.17, 15) is 14.4 Å². The van der Waals surface area contributed by atoms with Gasteiger partial charge in [0.05, 0.1) is 20.3 Å². The second-order valence-corrected chi connectivity index (χ2v) is 8.94. The molecule has 2 saturated heterocycles. The molecule has 1 spiro atoms. The van der Waals surface area contributed by atoms with Gasteiger partial charge in [-0.25, -0.2) is 4.79 Å². The largest absolute Gasteiger partial charge is 0.497 e. The predicted octanol–water partition coefficient (Wildman–Crippen LogP) is 2.87. The quantitative estimate of drug-likeness (QED) is 0.727. The summed E-state index contributed by atoms with van der Waals surface area (Å²) < 4.78 is 10.9. The molecule has 1 aromatic rings. The lowest BCUT2D eigenvalue weighted by Gasteiger charge is -2.33. The molecule has 3 aliphatic rings. The van der Waals surface area contributed by atoms with Crippen LogP contribution in [-0.4, -0.2) is 60.5 Å². The van der Waals surface area contributed by atoms with Crippen molar-refractivity contribution >= 4 is 17.8 Å². The number of carbonyl (C=O) groups is 3. The number of methoxy groups -OCH3 is 2. The Hall–Kier alpha value is -2.77. The maximum atomic E-state index is 13.2. The fourth-order valence-corrected chi connectivity index (χ4v) is 5.13. The van der Waals surface area contributed by atoms with Crippen molar-refractivity contribution in [3.05, 3.63) is 23.8 Å². The summed E-state index contributed by atoms with van der Waals surface area (Å²) in [5.41, 5.74) is 0.0484. The number of carbonyl (C=O) groups excluding carboxylic acids is 3. The Morgan fingerprint density at radius 1 is 1.16 bits per heavy atom. The van der Waals surface area contributed by atoms with Crippen LogP contribution in [0.5, 0.6) is 11.5 Å². The zero-order chi connectivity index (χ0) is 22.2. The Morgan fingerprint density at radius 3 is 2.58 bits per heavy atom. The molecule has 1 aliphatic carbocycles. The van der Waals surface area contributed by atoms with Gasteiger partial charge in [0.1, 0.15) is 23.6 Å². The molecule has 2 aliphatic heterocycles. The van der Waals surface area contributed by atoms with Gasteiger partial charge in [0.25, 0.3) is 5.91 Å². The number of nitrogens with one attached hydrogen (secondary N) is 1. The van der Waals surface area contributed by atoms with Gasteiger partial charge in [0.15, 0.2) is 0 Å². The van der Waals surface area contributed by atoms with E-state index in [2.05, 4.69) is 12.2 Å². The van der Waals surface area contributed by atoms with Crippen LogP contribution in [0.25, 0.3) is 0 Å². The third kappa shape index (κ3) is 3.83. The Balaban J connectivity index is 1.51. The predicted molar refractivity (Wildman–Crippen MR) is 114 cm³/mol. The highest BCUT2D eigenvalue weighted by molar-refractivity contribution is 6.09. The molecule has 168 valence electrons. The number of likely N-dealkylation sites (tertiary alicyclic amines) is 1. The summed E-state index contributed by atoms with van der Waals surface area (Å²) in [6, 6.07) is 4.91. The zero-order valence-electron chi connectivity index (χ0n) is 18.5. The summed E-state index contributed by atoms with van der Waals surface area (Å²) in [5.74, 6) is 1.45. The molecule has 3 fully saturated rings. The molecular weight excluding hydrogens is 398 g/mol. The standard InChI is InChI=1S/C23H31N3O5/c1-15-8-10-23(11-9-15)21(28)26(22(29)24-23)14-20(27)25-12-4-5-18(25)17-13-16(30-2)6-7-19(17)31-3/h6-7,13,15,18H,4-5,8-12,14H2,1-3H3,(H,24,29). The van der Waals surface area contributed by atoms with E-state index in [1.54, 1.807) is 19.1 Å². The van der Waals surface area contributed by atoms with E-state index in [1.807, 2.05) is 18.2 Å². The fourth-order valence-electron chi connectivity index (χ4n) is 5.13. The average molecular weight is 430 g/mol. The zero-order valence-corrected chi connectivity index (χ0v) is 18.5. The number of amides is 4. The second kappa shape index (κ2) is 8.40. The van der Waals surface area contributed by atoms with E-state index < -0.39 is 11.6 Å². The van der Waals surface area contributed by atoms with Crippen molar-refractivity contribution in [2.45, 2.75) is 57.0 Å². The molecule has 0 radical (unpaired) electrons. The Kier molecular flexibility index (Phi) is 5.81. The summed E-state index contributed by atoms with van der Waals surface area (Å²) in [7, 11) is 3.20. The van der Waals surface area contributed by atoms with Gasteiger partial charge in [-0.2, -0.15) is 0 Å². The van der Waals surface area contributed by atoms with Crippen LogP contribution in [0.3, 0.4) is 0 Å².